The van der Waals surface area contributed by atoms with Crippen molar-refractivity contribution in [2.24, 2.45) is 0 Å². The normalized spacial score (nSPS) is 11.0. The maximum atomic E-state index is 11.7. The van der Waals surface area contributed by atoms with E-state index in [1.807, 2.05) is 42.0 Å². The van der Waals surface area contributed by atoms with Gasteiger partial charge in [0.05, 0.1) is 5.75 Å². The number of hydrogen-bond acceptors (Lipinski definition) is 3. The molecule has 1 rings (SSSR count). The SMILES string of the molecule is CCCCNC(=O)NS(=O)(=O)CCc1ccccc1. The summed E-state index contributed by atoms with van der Waals surface area (Å²) in [6.45, 7) is 2.48. The Labute approximate surface area is 114 Å². The standard InChI is InChI=1S/C13H20N2O3S/c1-2-3-10-14-13(16)15-19(17,18)11-9-12-7-5-4-6-8-12/h4-8H,2-3,9-11H2,1H3,(H2,14,15,16). The van der Waals surface area contributed by atoms with E-state index in [1.54, 1.807) is 0 Å². The zero-order chi connectivity index (χ0) is 14.1. The van der Waals surface area contributed by atoms with Gasteiger partial charge in [-0.05, 0) is 18.4 Å². The number of rotatable bonds is 7. The summed E-state index contributed by atoms with van der Waals surface area (Å²) in [5, 5.41) is 2.51. The number of aryl methyl sites for hydroxylation is 1. The number of carbonyl (C=O) groups is 1. The Kier molecular flexibility index (Phi) is 6.35. The molecule has 2 amide bonds. The average Bonchev–Trinajstić information content (AvgIpc) is 2.37. The molecule has 1 aromatic carbocycles. The Morgan fingerprint density at radius 1 is 1.21 bits per heavy atom. The lowest BCUT2D eigenvalue weighted by atomic mass is 10.2. The predicted octanol–water partition coefficient (Wildman–Crippen LogP) is 1.66. The molecule has 0 aromatic heterocycles. The van der Waals surface area contributed by atoms with Crippen LogP contribution in [0.1, 0.15) is 25.3 Å². The average molecular weight is 284 g/mol. The van der Waals surface area contributed by atoms with Crippen LogP contribution in [-0.2, 0) is 16.4 Å². The van der Waals surface area contributed by atoms with Gasteiger partial charge in [-0.1, -0.05) is 43.7 Å². The zero-order valence-corrected chi connectivity index (χ0v) is 11.9. The van der Waals surface area contributed by atoms with E-state index in [4.69, 9.17) is 0 Å². The lowest BCUT2D eigenvalue weighted by Gasteiger charge is -2.08. The van der Waals surface area contributed by atoms with Crippen LogP contribution in [-0.4, -0.2) is 26.7 Å². The Morgan fingerprint density at radius 3 is 2.53 bits per heavy atom. The van der Waals surface area contributed by atoms with Crippen molar-refractivity contribution in [2.75, 3.05) is 12.3 Å². The van der Waals surface area contributed by atoms with Gasteiger partial charge in [-0.25, -0.2) is 17.9 Å². The lowest BCUT2D eigenvalue weighted by Crippen LogP contribution is -2.41. The Hall–Kier alpha value is -1.56. The first-order valence-corrected chi connectivity index (χ1v) is 8.01. The number of sulfonamides is 1. The molecule has 0 aliphatic heterocycles. The number of hydrogen-bond donors (Lipinski definition) is 2. The van der Waals surface area contributed by atoms with Gasteiger partial charge in [-0.2, -0.15) is 0 Å². The third kappa shape index (κ3) is 6.81. The van der Waals surface area contributed by atoms with Crippen molar-refractivity contribution in [3.63, 3.8) is 0 Å². The fraction of sp³-hybridized carbons (Fsp3) is 0.462. The molecule has 0 aliphatic rings. The molecule has 0 atom stereocenters. The number of unbranched alkanes of at least 4 members (excludes halogenated alkanes) is 1. The van der Waals surface area contributed by atoms with Gasteiger partial charge in [0.2, 0.25) is 10.0 Å². The van der Waals surface area contributed by atoms with Crippen molar-refractivity contribution in [1.29, 1.82) is 0 Å². The summed E-state index contributed by atoms with van der Waals surface area (Å²) < 4.78 is 25.4. The van der Waals surface area contributed by atoms with E-state index >= 15 is 0 Å². The van der Waals surface area contributed by atoms with Crippen LogP contribution < -0.4 is 10.0 Å². The van der Waals surface area contributed by atoms with Crippen LogP contribution in [0.15, 0.2) is 30.3 Å². The van der Waals surface area contributed by atoms with Crippen LogP contribution >= 0.6 is 0 Å². The summed E-state index contributed by atoms with van der Waals surface area (Å²) in [5.74, 6) is -0.0990. The minimum Gasteiger partial charge on any atom is -0.337 e. The molecule has 6 heteroatoms. The van der Waals surface area contributed by atoms with E-state index in [0.29, 0.717) is 13.0 Å². The minimum atomic E-state index is -3.58. The smallest absolute Gasteiger partial charge is 0.328 e. The quantitative estimate of drug-likeness (QED) is 0.748. The molecule has 0 unspecified atom stereocenters. The van der Waals surface area contributed by atoms with E-state index in [2.05, 4.69) is 5.32 Å². The van der Waals surface area contributed by atoms with Gasteiger partial charge in [0.25, 0.3) is 0 Å². The Morgan fingerprint density at radius 2 is 1.89 bits per heavy atom. The van der Waals surface area contributed by atoms with Gasteiger partial charge < -0.3 is 5.32 Å². The number of carbonyl (C=O) groups excluding carboxylic acids is 1. The molecule has 0 heterocycles. The molecular weight excluding hydrogens is 264 g/mol. The fourth-order valence-electron chi connectivity index (χ4n) is 1.50. The van der Waals surface area contributed by atoms with Crippen LogP contribution in [0.4, 0.5) is 4.79 Å². The molecule has 5 nitrogen and oxygen atoms in total. The highest BCUT2D eigenvalue weighted by molar-refractivity contribution is 7.90. The first kappa shape index (κ1) is 15.5. The fourth-order valence-corrected chi connectivity index (χ4v) is 2.47. The molecular formula is C13H20N2O3S. The second-order valence-corrected chi connectivity index (χ2v) is 6.11. The topological polar surface area (TPSA) is 75.3 Å². The van der Waals surface area contributed by atoms with Crippen LogP contribution in [0.25, 0.3) is 0 Å². The molecule has 1 aromatic rings. The summed E-state index contributed by atoms with van der Waals surface area (Å²) in [5.41, 5.74) is 0.930. The highest BCUT2D eigenvalue weighted by atomic mass is 32.2. The van der Waals surface area contributed by atoms with E-state index < -0.39 is 16.1 Å². The number of nitrogens with one attached hydrogen (secondary N) is 2. The largest absolute Gasteiger partial charge is 0.337 e. The molecule has 0 fully saturated rings. The van der Waals surface area contributed by atoms with Crippen molar-refractivity contribution in [3.05, 3.63) is 35.9 Å². The molecule has 0 saturated carbocycles. The third-order valence-corrected chi connectivity index (χ3v) is 3.80. The predicted molar refractivity (Wildman–Crippen MR) is 75.4 cm³/mol. The summed E-state index contributed by atoms with van der Waals surface area (Å²) in [6, 6.07) is 8.65. The van der Waals surface area contributed by atoms with Crippen molar-refractivity contribution in [2.45, 2.75) is 26.2 Å². The number of benzene rings is 1. The van der Waals surface area contributed by atoms with Crippen molar-refractivity contribution in [1.82, 2.24) is 10.0 Å². The summed E-state index contributed by atoms with van der Waals surface area (Å²) in [7, 11) is -3.58. The van der Waals surface area contributed by atoms with E-state index in [0.717, 1.165) is 18.4 Å². The van der Waals surface area contributed by atoms with Gasteiger partial charge in [0.1, 0.15) is 0 Å². The summed E-state index contributed by atoms with van der Waals surface area (Å²) in [6.07, 6.45) is 2.16. The van der Waals surface area contributed by atoms with Gasteiger partial charge >= 0.3 is 6.03 Å². The van der Waals surface area contributed by atoms with E-state index in [1.165, 1.54) is 0 Å². The zero-order valence-electron chi connectivity index (χ0n) is 11.1. The van der Waals surface area contributed by atoms with Crippen LogP contribution in [0, 0.1) is 0 Å². The van der Waals surface area contributed by atoms with Crippen LogP contribution in [0.2, 0.25) is 0 Å². The first-order chi connectivity index (χ1) is 9.03. The molecule has 0 spiro atoms. The van der Waals surface area contributed by atoms with Gasteiger partial charge in [-0.3, -0.25) is 0 Å². The molecule has 0 radical (unpaired) electrons. The maximum absolute atomic E-state index is 11.7. The minimum absolute atomic E-state index is 0.0990. The summed E-state index contributed by atoms with van der Waals surface area (Å²) in [4.78, 5) is 11.3. The number of urea groups is 1. The van der Waals surface area contributed by atoms with Gasteiger partial charge in [0.15, 0.2) is 0 Å². The Balaban J connectivity index is 2.37. The third-order valence-electron chi connectivity index (χ3n) is 2.57. The van der Waals surface area contributed by atoms with Crippen molar-refractivity contribution < 1.29 is 13.2 Å². The highest BCUT2D eigenvalue weighted by Crippen LogP contribution is 2.01. The molecule has 19 heavy (non-hydrogen) atoms. The molecule has 0 aliphatic carbocycles. The van der Waals surface area contributed by atoms with Crippen LogP contribution in [0.3, 0.4) is 0 Å². The molecule has 0 saturated heterocycles. The molecule has 106 valence electrons. The Bertz CT molecular complexity index is 486. The monoisotopic (exact) mass is 284 g/mol. The molecule has 0 bridgehead atoms. The highest BCUT2D eigenvalue weighted by Gasteiger charge is 2.13. The van der Waals surface area contributed by atoms with Crippen molar-refractivity contribution in [3.8, 4) is 0 Å². The van der Waals surface area contributed by atoms with Gasteiger partial charge in [0, 0.05) is 6.54 Å². The lowest BCUT2D eigenvalue weighted by molar-refractivity contribution is 0.245. The maximum Gasteiger partial charge on any atom is 0.328 e. The van der Waals surface area contributed by atoms with Crippen molar-refractivity contribution >= 4 is 16.1 Å². The van der Waals surface area contributed by atoms with E-state index in [-0.39, 0.29) is 5.75 Å². The van der Waals surface area contributed by atoms with E-state index in [9.17, 15) is 13.2 Å². The summed E-state index contributed by atoms with van der Waals surface area (Å²) >= 11 is 0. The second-order valence-electron chi connectivity index (χ2n) is 4.27. The van der Waals surface area contributed by atoms with Crippen LogP contribution in [0.5, 0.6) is 0 Å². The van der Waals surface area contributed by atoms with Gasteiger partial charge in [-0.15, -0.1) is 0 Å². The molecule has 2 N–H and O–H groups in total. The first-order valence-electron chi connectivity index (χ1n) is 6.36. The number of amides is 2. The second kappa shape index (κ2) is 7.78.